The van der Waals surface area contributed by atoms with Crippen molar-refractivity contribution >= 4 is 60.2 Å². The van der Waals surface area contributed by atoms with Crippen molar-refractivity contribution < 1.29 is 0 Å². The summed E-state index contributed by atoms with van der Waals surface area (Å²) in [5, 5.41) is 10.0. The van der Waals surface area contributed by atoms with Crippen LogP contribution in [0.2, 0.25) is 0 Å². The lowest BCUT2D eigenvalue weighted by Gasteiger charge is -2.26. The molecule has 1 heteroatoms. The molecule has 0 heterocycles. The van der Waals surface area contributed by atoms with Crippen molar-refractivity contribution in [1.29, 1.82) is 0 Å². The molecule has 0 saturated heterocycles. The first-order chi connectivity index (χ1) is 26.3. The van der Waals surface area contributed by atoms with Crippen molar-refractivity contribution in [2.75, 3.05) is 4.90 Å². The normalized spacial score (nSPS) is 11.4. The van der Waals surface area contributed by atoms with Crippen molar-refractivity contribution in [3.63, 3.8) is 0 Å². The van der Waals surface area contributed by atoms with Crippen molar-refractivity contribution in [2.24, 2.45) is 0 Å². The fourth-order valence-electron chi connectivity index (χ4n) is 8.06. The van der Waals surface area contributed by atoms with Crippen LogP contribution in [0.15, 0.2) is 212 Å². The molecule has 10 rings (SSSR count). The predicted octanol–water partition coefficient (Wildman–Crippen LogP) is 14.8. The Kier molecular flexibility index (Phi) is 7.55. The van der Waals surface area contributed by atoms with E-state index < -0.39 is 0 Å². The summed E-state index contributed by atoms with van der Waals surface area (Å²) in [4.78, 5) is 2.39. The maximum atomic E-state index is 2.39. The zero-order valence-electron chi connectivity index (χ0n) is 29.2. The molecule has 248 valence electrons. The highest BCUT2D eigenvalue weighted by molar-refractivity contribution is 6.09. The van der Waals surface area contributed by atoms with Crippen LogP contribution in [0.4, 0.5) is 17.1 Å². The zero-order chi connectivity index (χ0) is 35.1. The molecule has 0 unspecified atom stereocenters. The van der Waals surface area contributed by atoms with Gasteiger partial charge in [0.05, 0.1) is 0 Å². The van der Waals surface area contributed by atoms with Gasteiger partial charge in [0.2, 0.25) is 0 Å². The summed E-state index contributed by atoms with van der Waals surface area (Å²) in [5.74, 6) is 0. The second-order valence-corrected chi connectivity index (χ2v) is 13.7. The van der Waals surface area contributed by atoms with Crippen LogP contribution < -0.4 is 4.90 Å². The van der Waals surface area contributed by atoms with Crippen molar-refractivity contribution in [1.82, 2.24) is 0 Å². The van der Waals surface area contributed by atoms with Gasteiger partial charge < -0.3 is 4.90 Å². The zero-order valence-corrected chi connectivity index (χ0v) is 29.2. The van der Waals surface area contributed by atoms with E-state index in [0.717, 1.165) is 17.1 Å². The van der Waals surface area contributed by atoms with Gasteiger partial charge in [-0.1, -0.05) is 176 Å². The fourth-order valence-corrected chi connectivity index (χ4v) is 8.06. The number of anilines is 3. The third-order valence-corrected chi connectivity index (χ3v) is 10.6. The van der Waals surface area contributed by atoms with Gasteiger partial charge in [-0.05, 0) is 113 Å². The number of hydrogen-bond donors (Lipinski definition) is 0. The SMILES string of the molecule is c1ccc(-c2c(-c3ccc(N(c4ccc(-c5cccc6ccccc56)cc4)c4ccc5ccc6ccccc6c5c4)cc3)ccc3ccccc23)cc1. The summed E-state index contributed by atoms with van der Waals surface area (Å²) in [7, 11) is 0. The first-order valence-electron chi connectivity index (χ1n) is 18.3. The van der Waals surface area contributed by atoms with E-state index in [-0.39, 0.29) is 0 Å². The lowest BCUT2D eigenvalue weighted by atomic mass is 9.90. The number of rotatable bonds is 6. The van der Waals surface area contributed by atoms with E-state index in [1.165, 1.54) is 76.5 Å². The molecule has 0 aliphatic heterocycles. The molecule has 0 fully saturated rings. The highest BCUT2D eigenvalue weighted by atomic mass is 15.1. The van der Waals surface area contributed by atoms with E-state index in [2.05, 4.69) is 217 Å². The minimum Gasteiger partial charge on any atom is -0.310 e. The second-order valence-electron chi connectivity index (χ2n) is 13.7. The minimum atomic E-state index is 1.10. The van der Waals surface area contributed by atoms with Gasteiger partial charge in [-0.3, -0.25) is 0 Å². The molecule has 53 heavy (non-hydrogen) atoms. The van der Waals surface area contributed by atoms with Crippen LogP contribution in [-0.4, -0.2) is 0 Å². The van der Waals surface area contributed by atoms with Gasteiger partial charge in [0.15, 0.2) is 0 Å². The molecular weight excluding hydrogens is 639 g/mol. The molecule has 0 aliphatic carbocycles. The molecule has 0 spiro atoms. The van der Waals surface area contributed by atoms with Crippen LogP contribution >= 0.6 is 0 Å². The minimum absolute atomic E-state index is 1.10. The van der Waals surface area contributed by atoms with Gasteiger partial charge in [-0.15, -0.1) is 0 Å². The topological polar surface area (TPSA) is 3.24 Å². The van der Waals surface area contributed by atoms with E-state index >= 15 is 0 Å². The van der Waals surface area contributed by atoms with Gasteiger partial charge >= 0.3 is 0 Å². The van der Waals surface area contributed by atoms with E-state index in [1.807, 2.05) is 0 Å². The van der Waals surface area contributed by atoms with Gasteiger partial charge in [0.25, 0.3) is 0 Å². The second kappa shape index (κ2) is 13.0. The first-order valence-corrected chi connectivity index (χ1v) is 18.3. The van der Waals surface area contributed by atoms with Crippen molar-refractivity contribution in [3.8, 4) is 33.4 Å². The number of fused-ring (bicyclic) bond motifs is 5. The molecule has 0 atom stereocenters. The van der Waals surface area contributed by atoms with E-state index in [9.17, 15) is 0 Å². The number of benzene rings is 10. The summed E-state index contributed by atoms with van der Waals surface area (Å²) < 4.78 is 0. The van der Waals surface area contributed by atoms with Crippen LogP contribution in [0.3, 0.4) is 0 Å². The average Bonchev–Trinajstić information content (AvgIpc) is 3.24. The molecule has 0 bridgehead atoms. The predicted molar refractivity (Wildman–Crippen MR) is 227 cm³/mol. The fraction of sp³-hybridized carbons (Fsp3) is 0. The first kappa shape index (κ1) is 30.8. The summed E-state index contributed by atoms with van der Waals surface area (Å²) in [5.41, 5.74) is 10.7. The summed E-state index contributed by atoms with van der Waals surface area (Å²) >= 11 is 0. The molecule has 0 saturated carbocycles. The molecule has 0 aromatic heterocycles. The molecule has 0 N–H and O–H groups in total. The Labute approximate surface area is 309 Å². The average molecular weight is 674 g/mol. The van der Waals surface area contributed by atoms with Crippen LogP contribution in [0.5, 0.6) is 0 Å². The largest absolute Gasteiger partial charge is 0.310 e. The van der Waals surface area contributed by atoms with Crippen molar-refractivity contribution in [3.05, 3.63) is 212 Å². The van der Waals surface area contributed by atoms with Crippen LogP contribution in [0.25, 0.3) is 76.5 Å². The standard InChI is InChI=1S/C52H35N/c1-2-14-42(15-3-1)52-49-19-9-6-13-38(49)28-34-50(52)40-25-31-44(32-26-40)53(45-33-27-41-22-21-37-12-5-8-18-48(37)51(41)35-45)43-29-23-39(24-30-43)47-20-10-16-36-11-4-7-17-46(36)47/h1-35H. The Morgan fingerprint density at radius 2 is 0.717 bits per heavy atom. The summed E-state index contributed by atoms with van der Waals surface area (Å²) in [6.07, 6.45) is 0. The van der Waals surface area contributed by atoms with Gasteiger partial charge in [-0.2, -0.15) is 0 Å². The Morgan fingerprint density at radius 3 is 1.42 bits per heavy atom. The highest BCUT2D eigenvalue weighted by Gasteiger charge is 2.17. The highest BCUT2D eigenvalue weighted by Crippen LogP contribution is 2.42. The Balaban J connectivity index is 1.12. The summed E-state index contributed by atoms with van der Waals surface area (Å²) in [6.45, 7) is 0. The molecule has 0 radical (unpaired) electrons. The Bertz CT molecular complexity index is 2920. The quantitative estimate of drug-likeness (QED) is 0.159. The number of nitrogens with zero attached hydrogens (tertiary/aromatic N) is 1. The van der Waals surface area contributed by atoms with Crippen LogP contribution in [0.1, 0.15) is 0 Å². The molecule has 0 amide bonds. The lowest BCUT2D eigenvalue weighted by Crippen LogP contribution is -2.10. The van der Waals surface area contributed by atoms with Gasteiger partial charge in [-0.25, -0.2) is 0 Å². The molecule has 1 nitrogen and oxygen atoms in total. The monoisotopic (exact) mass is 673 g/mol. The van der Waals surface area contributed by atoms with Gasteiger partial charge in [0, 0.05) is 17.1 Å². The summed E-state index contributed by atoms with van der Waals surface area (Å²) in [6, 6.07) is 77.3. The molecule has 0 aliphatic rings. The smallest absolute Gasteiger partial charge is 0.0468 e. The molecular formula is C52H35N. The Hall–Kier alpha value is -6.96. The molecule has 10 aromatic rings. The number of hydrogen-bond acceptors (Lipinski definition) is 1. The third kappa shape index (κ3) is 5.51. The maximum absolute atomic E-state index is 2.39. The van der Waals surface area contributed by atoms with E-state index in [4.69, 9.17) is 0 Å². The maximum Gasteiger partial charge on any atom is 0.0468 e. The van der Waals surface area contributed by atoms with E-state index in [1.54, 1.807) is 0 Å². The van der Waals surface area contributed by atoms with Crippen LogP contribution in [-0.2, 0) is 0 Å². The third-order valence-electron chi connectivity index (χ3n) is 10.6. The van der Waals surface area contributed by atoms with Gasteiger partial charge in [0.1, 0.15) is 0 Å². The van der Waals surface area contributed by atoms with Crippen LogP contribution in [0, 0.1) is 0 Å². The van der Waals surface area contributed by atoms with Crippen molar-refractivity contribution in [2.45, 2.75) is 0 Å². The Morgan fingerprint density at radius 1 is 0.245 bits per heavy atom. The lowest BCUT2D eigenvalue weighted by molar-refractivity contribution is 1.29. The van der Waals surface area contributed by atoms with E-state index in [0.29, 0.717) is 0 Å². The molecule has 10 aromatic carbocycles.